The van der Waals surface area contributed by atoms with Crippen molar-refractivity contribution in [3.8, 4) is 11.5 Å². The Bertz CT molecular complexity index is 1140. The van der Waals surface area contributed by atoms with Crippen molar-refractivity contribution in [1.82, 2.24) is 5.43 Å². The number of phenols is 2. The fraction of sp³-hybridized carbons (Fsp3) is 0.190. The molecule has 28 heavy (non-hydrogen) atoms. The molecule has 0 radical (unpaired) electrons. The molecule has 0 saturated heterocycles. The van der Waals surface area contributed by atoms with E-state index < -0.39 is 11.7 Å². The largest absolute Gasteiger partial charge is 0.504 e. The lowest BCUT2D eigenvalue weighted by molar-refractivity contribution is 0.0954. The van der Waals surface area contributed by atoms with Gasteiger partial charge in [-0.25, -0.2) is 5.43 Å². The van der Waals surface area contributed by atoms with Gasteiger partial charge in [0.25, 0.3) is 5.91 Å². The average Bonchev–Trinajstić information content (AvgIpc) is 2.64. The number of hydrogen-bond acceptors (Lipinski definition) is 6. The maximum absolute atomic E-state index is 12.7. The van der Waals surface area contributed by atoms with Crippen LogP contribution in [-0.2, 0) is 5.41 Å². The molecule has 7 heteroatoms. The van der Waals surface area contributed by atoms with E-state index in [0.29, 0.717) is 11.0 Å². The number of hydrogen-bond donors (Lipinski definition) is 3. The van der Waals surface area contributed by atoms with E-state index in [1.54, 1.807) is 12.1 Å². The zero-order chi connectivity index (χ0) is 20.5. The Kier molecular flexibility index (Phi) is 4.92. The van der Waals surface area contributed by atoms with Gasteiger partial charge in [0.05, 0.1) is 17.2 Å². The number of nitrogens with zero attached hydrogens (tertiary/aromatic N) is 1. The third-order valence-corrected chi connectivity index (χ3v) is 4.27. The van der Waals surface area contributed by atoms with Crippen LogP contribution in [0.5, 0.6) is 11.5 Å². The van der Waals surface area contributed by atoms with Gasteiger partial charge in [-0.15, -0.1) is 0 Å². The van der Waals surface area contributed by atoms with E-state index in [2.05, 4.69) is 31.3 Å². The molecular weight excluding hydrogens is 360 g/mol. The second kappa shape index (κ2) is 7.19. The SMILES string of the molecule is CC(C)(C)c1ccc2occ(/C=N/NC(=O)c3ccc(O)c(O)c3)c(=O)c2c1. The molecule has 2 aromatic carbocycles. The normalized spacial score (nSPS) is 11.8. The van der Waals surface area contributed by atoms with Crippen LogP contribution in [0.4, 0.5) is 0 Å². The molecule has 1 amide bonds. The first-order chi connectivity index (χ1) is 13.2. The molecule has 0 unspecified atom stereocenters. The average molecular weight is 380 g/mol. The van der Waals surface area contributed by atoms with E-state index in [4.69, 9.17) is 4.42 Å². The standard InChI is InChI=1S/C21H20N2O5/c1-21(2,3)14-5-7-18-15(9-14)19(26)13(11-28-18)10-22-23-20(27)12-4-6-16(24)17(25)8-12/h4-11,24-25H,1-3H3,(H,23,27)/b22-10+. The molecule has 3 rings (SSSR count). The smallest absolute Gasteiger partial charge is 0.271 e. The molecular formula is C21H20N2O5. The highest BCUT2D eigenvalue weighted by molar-refractivity contribution is 5.95. The molecule has 0 aliphatic heterocycles. The van der Waals surface area contributed by atoms with E-state index in [1.807, 2.05) is 6.07 Å². The molecule has 7 nitrogen and oxygen atoms in total. The van der Waals surface area contributed by atoms with Crippen molar-refractivity contribution in [3.05, 3.63) is 69.6 Å². The van der Waals surface area contributed by atoms with Crippen LogP contribution in [0.15, 0.2) is 57.0 Å². The number of benzene rings is 2. The topological polar surface area (TPSA) is 112 Å². The molecule has 0 spiro atoms. The Hall–Kier alpha value is -3.61. The quantitative estimate of drug-likeness (QED) is 0.367. The third-order valence-electron chi connectivity index (χ3n) is 4.27. The molecule has 0 atom stereocenters. The van der Waals surface area contributed by atoms with E-state index in [-0.39, 0.29) is 27.7 Å². The van der Waals surface area contributed by atoms with Crippen molar-refractivity contribution in [3.63, 3.8) is 0 Å². The van der Waals surface area contributed by atoms with Crippen molar-refractivity contribution in [1.29, 1.82) is 0 Å². The van der Waals surface area contributed by atoms with Gasteiger partial charge >= 0.3 is 0 Å². The van der Waals surface area contributed by atoms with Crippen LogP contribution in [0.1, 0.15) is 42.3 Å². The first-order valence-corrected chi connectivity index (χ1v) is 8.58. The number of rotatable bonds is 3. The number of fused-ring (bicyclic) bond motifs is 1. The maximum Gasteiger partial charge on any atom is 0.271 e. The second-order valence-electron chi connectivity index (χ2n) is 7.38. The van der Waals surface area contributed by atoms with Crippen LogP contribution in [0, 0.1) is 0 Å². The molecule has 0 saturated carbocycles. The van der Waals surface area contributed by atoms with Crippen molar-refractivity contribution < 1.29 is 19.4 Å². The molecule has 3 aromatic rings. The van der Waals surface area contributed by atoms with Gasteiger partial charge < -0.3 is 14.6 Å². The van der Waals surface area contributed by atoms with Crippen LogP contribution in [0.2, 0.25) is 0 Å². The molecule has 3 N–H and O–H groups in total. The molecule has 0 fully saturated rings. The Morgan fingerprint density at radius 3 is 2.54 bits per heavy atom. The summed E-state index contributed by atoms with van der Waals surface area (Å²) in [5.41, 5.74) is 3.65. The first-order valence-electron chi connectivity index (χ1n) is 8.58. The van der Waals surface area contributed by atoms with Crippen LogP contribution < -0.4 is 10.9 Å². The minimum absolute atomic E-state index is 0.104. The summed E-state index contributed by atoms with van der Waals surface area (Å²) < 4.78 is 5.50. The number of carbonyl (C=O) groups is 1. The summed E-state index contributed by atoms with van der Waals surface area (Å²) in [6.45, 7) is 6.16. The fourth-order valence-corrected chi connectivity index (χ4v) is 2.59. The van der Waals surface area contributed by atoms with Crippen molar-refractivity contribution in [2.24, 2.45) is 5.10 Å². The summed E-state index contributed by atoms with van der Waals surface area (Å²) in [6.07, 6.45) is 2.48. The highest BCUT2D eigenvalue weighted by atomic mass is 16.3. The fourth-order valence-electron chi connectivity index (χ4n) is 2.59. The molecule has 0 aliphatic rings. The zero-order valence-electron chi connectivity index (χ0n) is 15.7. The van der Waals surface area contributed by atoms with Crippen molar-refractivity contribution >= 4 is 23.1 Å². The monoisotopic (exact) mass is 380 g/mol. The Morgan fingerprint density at radius 2 is 1.86 bits per heavy atom. The predicted molar refractivity (Wildman–Crippen MR) is 106 cm³/mol. The van der Waals surface area contributed by atoms with Gasteiger partial charge in [-0.3, -0.25) is 9.59 Å². The van der Waals surface area contributed by atoms with Crippen LogP contribution in [0.25, 0.3) is 11.0 Å². The van der Waals surface area contributed by atoms with Gasteiger partial charge in [-0.05, 0) is 41.3 Å². The third kappa shape index (κ3) is 3.88. The Balaban J connectivity index is 1.85. The predicted octanol–water partition coefficient (Wildman–Crippen LogP) is 3.27. The molecule has 1 heterocycles. The summed E-state index contributed by atoms with van der Waals surface area (Å²) >= 11 is 0. The second-order valence-corrected chi connectivity index (χ2v) is 7.38. The summed E-state index contributed by atoms with van der Waals surface area (Å²) in [4.78, 5) is 24.7. The lowest BCUT2D eigenvalue weighted by atomic mass is 9.86. The Morgan fingerprint density at radius 1 is 1.11 bits per heavy atom. The van der Waals surface area contributed by atoms with Crippen molar-refractivity contribution in [2.45, 2.75) is 26.2 Å². The van der Waals surface area contributed by atoms with E-state index in [0.717, 1.165) is 11.6 Å². The maximum atomic E-state index is 12.7. The summed E-state index contributed by atoms with van der Waals surface area (Å²) in [7, 11) is 0. The summed E-state index contributed by atoms with van der Waals surface area (Å²) in [5.74, 6) is -1.35. The Labute approximate surface area is 160 Å². The summed E-state index contributed by atoms with van der Waals surface area (Å²) in [5, 5.41) is 22.9. The minimum Gasteiger partial charge on any atom is -0.504 e. The van der Waals surface area contributed by atoms with E-state index in [1.165, 1.54) is 24.6 Å². The number of nitrogens with one attached hydrogen (secondary N) is 1. The van der Waals surface area contributed by atoms with E-state index >= 15 is 0 Å². The van der Waals surface area contributed by atoms with E-state index in [9.17, 15) is 19.8 Å². The number of phenolic OH excluding ortho intramolecular Hbond substituents is 2. The number of amides is 1. The molecule has 0 bridgehead atoms. The number of hydrazone groups is 1. The van der Waals surface area contributed by atoms with Gasteiger partial charge in [0.15, 0.2) is 11.5 Å². The summed E-state index contributed by atoms with van der Waals surface area (Å²) in [6, 6.07) is 9.12. The van der Waals surface area contributed by atoms with Crippen LogP contribution in [0.3, 0.4) is 0 Å². The molecule has 144 valence electrons. The van der Waals surface area contributed by atoms with Gasteiger partial charge in [0, 0.05) is 5.56 Å². The molecule has 0 aliphatic carbocycles. The lowest BCUT2D eigenvalue weighted by Gasteiger charge is -2.19. The van der Waals surface area contributed by atoms with Crippen LogP contribution in [-0.4, -0.2) is 22.3 Å². The first kappa shape index (κ1) is 19.2. The van der Waals surface area contributed by atoms with Gasteiger partial charge in [-0.2, -0.15) is 5.10 Å². The van der Waals surface area contributed by atoms with Crippen LogP contribution >= 0.6 is 0 Å². The minimum atomic E-state index is -0.605. The highest BCUT2D eigenvalue weighted by Crippen LogP contribution is 2.25. The lowest BCUT2D eigenvalue weighted by Crippen LogP contribution is -2.18. The zero-order valence-corrected chi connectivity index (χ0v) is 15.7. The van der Waals surface area contributed by atoms with Gasteiger partial charge in [0.1, 0.15) is 11.8 Å². The highest BCUT2D eigenvalue weighted by Gasteiger charge is 2.16. The van der Waals surface area contributed by atoms with Crippen molar-refractivity contribution in [2.75, 3.05) is 0 Å². The number of aromatic hydroxyl groups is 2. The number of carbonyl (C=O) groups excluding carboxylic acids is 1. The van der Waals surface area contributed by atoms with Gasteiger partial charge in [-0.1, -0.05) is 26.8 Å². The molecule has 1 aromatic heterocycles. The van der Waals surface area contributed by atoms with Gasteiger partial charge in [0.2, 0.25) is 5.43 Å².